The standard InChI is InChI=1S/C20H16BrN3O2/c21-18-13-16(6-7-19(18)26-11-9-22)12-17(14-23)20(25)24-10-8-15-4-2-1-3-5-15/h1-7,12-13H,8,10-11H2,(H,24,25)/b17-12+. The Kier molecular flexibility index (Phi) is 7.42. The van der Waals surface area contributed by atoms with E-state index < -0.39 is 5.91 Å². The van der Waals surface area contributed by atoms with Crippen LogP contribution in [0, 0.1) is 22.7 Å². The Morgan fingerprint density at radius 3 is 2.62 bits per heavy atom. The van der Waals surface area contributed by atoms with Gasteiger partial charge >= 0.3 is 0 Å². The second-order valence-corrected chi connectivity index (χ2v) is 6.15. The summed E-state index contributed by atoms with van der Waals surface area (Å²) in [5.41, 5.74) is 1.82. The maximum absolute atomic E-state index is 12.2. The maximum Gasteiger partial charge on any atom is 0.261 e. The summed E-state index contributed by atoms with van der Waals surface area (Å²) in [7, 11) is 0. The lowest BCUT2D eigenvalue weighted by Gasteiger charge is -2.06. The summed E-state index contributed by atoms with van der Waals surface area (Å²) < 4.78 is 5.88. The molecule has 0 spiro atoms. The van der Waals surface area contributed by atoms with Crippen LogP contribution in [0.1, 0.15) is 11.1 Å². The molecule has 0 bridgehead atoms. The zero-order chi connectivity index (χ0) is 18.8. The lowest BCUT2D eigenvalue weighted by Crippen LogP contribution is -2.26. The SMILES string of the molecule is N#CCOc1ccc(/C=C(\C#N)C(=O)NCCc2ccccc2)cc1Br. The smallest absolute Gasteiger partial charge is 0.261 e. The van der Waals surface area contributed by atoms with Crippen molar-refractivity contribution in [2.75, 3.05) is 13.2 Å². The van der Waals surface area contributed by atoms with Crippen molar-refractivity contribution in [1.29, 1.82) is 10.5 Å². The molecule has 5 nitrogen and oxygen atoms in total. The van der Waals surface area contributed by atoms with Crippen molar-refractivity contribution >= 4 is 27.9 Å². The number of ether oxygens (including phenoxy) is 1. The van der Waals surface area contributed by atoms with Crippen molar-refractivity contribution < 1.29 is 9.53 Å². The van der Waals surface area contributed by atoms with Crippen molar-refractivity contribution in [2.24, 2.45) is 0 Å². The molecule has 0 aliphatic heterocycles. The molecule has 130 valence electrons. The molecular weight excluding hydrogens is 394 g/mol. The summed E-state index contributed by atoms with van der Waals surface area (Å²) in [4.78, 5) is 12.2. The summed E-state index contributed by atoms with van der Waals surface area (Å²) >= 11 is 3.35. The number of benzene rings is 2. The van der Waals surface area contributed by atoms with Gasteiger partial charge in [-0.05, 0) is 51.7 Å². The van der Waals surface area contributed by atoms with Gasteiger partial charge < -0.3 is 10.1 Å². The van der Waals surface area contributed by atoms with Gasteiger partial charge in [-0.1, -0.05) is 36.4 Å². The van der Waals surface area contributed by atoms with Crippen LogP contribution in [0.3, 0.4) is 0 Å². The van der Waals surface area contributed by atoms with Gasteiger partial charge in [0.1, 0.15) is 23.5 Å². The molecule has 6 heteroatoms. The Labute approximate surface area is 160 Å². The van der Waals surface area contributed by atoms with Gasteiger partial charge in [0.05, 0.1) is 4.47 Å². The van der Waals surface area contributed by atoms with Gasteiger partial charge in [0.2, 0.25) is 0 Å². The van der Waals surface area contributed by atoms with Crippen LogP contribution in [0.4, 0.5) is 0 Å². The quantitative estimate of drug-likeness (QED) is 0.558. The van der Waals surface area contributed by atoms with Crippen molar-refractivity contribution in [3.8, 4) is 17.9 Å². The van der Waals surface area contributed by atoms with Crippen LogP contribution in [0.2, 0.25) is 0 Å². The second kappa shape index (κ2) is 10.0. The van der Waals surface area contributed by atoms with Crippen LogP contribution in [0.15, 0.2) is 58.6 Å². The zero-order valence-corrected chi connectivity index (χ0v) is 15.5. The number of carbonyl (C=O) groups excluding carboxylic acids is 1. The molecule has 0 aliphatic carbocycles. The van der Waals surface area contributed by atoms with Crippen LogP contribution in [0.25, 0.3) is 6.08 Å². The number of amides is 1. The predicted octanol–water partition coefficient (Wildman–Crippen LogP) is 3.62. The van der Waals surface area contributed by atoms with E-state index in [0.29, 0.717) is 28.8 Å². The van der Waals surface area contributed by atoms with Crippen LogP contribution in [-0.2, 0) is 11.2 Å². The molecule has 2 aromatic rings. The number of rotatable bonds is 7. The first-order valence-electron chi connectivity index (χ1n) is 7.87. The molecule has 0 fully saturated rings. The van der Waals surface area contributed by atoms with Gasteiger partial charge in [0, 0.05) is 6.54 Å². The highest BCUT2D eigenvalue weighted by atomic mass is 79.9. The van der Waals surface area contributed by atoms with Gasteiger partial charge in [0.25, 0.3) is 5.91 Å². The van der Waals surface area contributed by atoms with E-state index in [1.807, 2.05) is 42.5 Å². The Balaban J connectivity index is 2.00. The first-order valence-corrected chi connectivity index (χ1v) is 8.66. The van der Waals surface area contributed by atoms with E-state index in [1.165, 1.54) is 6.08 Å². The third-order valence-corrected chi connectivity index (χ3v) is 4.09. The lowest BCUT2D eigenvalue weighted by molar-refractivity contribution is -0.117. The van der Waals surface area contributed by atoms with Crippen molar-refractivity contribution in [3.05, 3.63) is 69.7 Å². The Morgan fingerprint density at radius 1 is 1.19 bits per heavy atom. The third-order valence-electron chi connectivity index (χ3n) is 3.47. The number of hydrogen-bond donors (Lipinski definition) is 1. The van der Waals surface area contributed by atoms with Gasteiger partial charge in [-0.2, -0.15) is 10.5 Å². The average molecular weight is 410 g/mol. The van der Waals surface area contributed by atoms with Crippen LogP contribution < -0.4 is 10.1 Å². The van der Waals surface area contributed by atoms with Crippen LogP contribution in [0.5, 0.6) is 5.75 Å². The van der Waals surface area contributed by atoms with Crippen molar-refractivity contribution in [3.63, 3.8) is 0 Å². The van der Waals surface area contributed by atoms with E-state index in [9.17, 15) is 10.1 Å². The fourth-order valence-corrected chi connectivity index (χ4v) is 2.72. The van der Waals surface area contributed by atoms with Gasteiger partial charge in [-0.15, -0.1) is 0 Å². The molecule has 0 heterocycles. The Morgan fingerprint density at radius 2 is 1.96 bits per heavy atom. The molecule has 0 radical (unpaired) electrons. The van der Waals surface area contributed by atoms with Crippen LogP contribution in [-0.4, -0.2) is 19.1 Å². The molecule has 0 saturated carbocycles. The Bertz CT molecular complexity index is 880. The molecule has 0 unspecified atom stereocenters. The number of nitriles is 2. The minimum absolute atomic E-state index is 0.0238. The van der Waals surface area contributed by atoms with E-state index in [4.69, 9.17) is 10.00 Å². The minimum atomic E-state index is -0.413. The highest BCUT2D eigenvalue weighted by Gasteiger charge is 2.09. The summed E-state index contributed by atoms with van der Waals surface area (Å²) in [6.07, 6.45) is 2.21. The monoisotopic (exact) mass is 409 g/mol. The second-order valence-electron chi connectivity index (χ2n) is 5.30. The first kappa shape index (κ1) is 19.2. The molecular formula is C20H16BrN3O2. The van der Waals surface area contributed by atoms with E-state index in [-0.39, 0.29) is 12.2 Å². The first-order chi connectivity index (χ1) is 12.6. The molecule has 0 atom stereocenters. The normalized spacial score (nSPS) is 10.5. The highest BCUT2D eigenvalue weighted by Crippen LogP contribution is 2.26. The predicted molar refractivity (Wildman–Crippen MR) is 102 cm³/mol. The number of hydrogen-bond acceptors (Lipinski definition) is 4. The van der Waals surface area contributed by atoms with Gasteiger partial charge in [-0.3, -0.25) is 4.79 Å². The Hall–Kier alpha value is -3.09. The lowest BCUT2D eigenvalue weighted by atomic mass is 10.1. The van der Waals surface area contributed by atoms with E-state index >= 15 is 0 Å². The number of carbonyl (C=O) groups is 1. The zero-order valence-electron chi connectivity index (χ0n) is 13.9. The van der Waals surface area contributed by atoms with Crippen molar-refractivity contribution in [1.82, 2.24) is 5.32 Å². The number of nitrogens with one attached hydrogen (secondary N) is 1. The molecule has 1 N–H and O–H groups in total. The minimum Gasteiger partial charge on any atom is -0.478 e. The summed E-state index contributed by atoms with van der Waals surface area (Å²) in [6.45, 7) is 0.396. The summed E-state index contributed by atoms with van der Waals surface area (Å²) in [6, 6.07) is 18.7. The van der Waals surface area contributed by atoms with E-state index in [1.54, 1.807) is 18.2 Å². The van der Waals surface area contributed by atoms with Gasteiger partial charge in [-0.25, -0.2) is 0 Å². The average Bonchev–Trinajstić information content (AvgIpc) is 2.66. The maximum atomic E-state index is 12.2. The van der Waals surface area contributed by atoms with Crippen molar-refractivity contribution in [2.45, 2.75) is 6.42 Å². The topological polar surface area (TPSA) is 85.9 Å². The molecule has 26 heavy (non-hydrogen) atoms. The molecule has 0 saturated heterocycles. The summed E-state index contributed by atoms with van der Waals surface area (Å²) in [5.74, 6) is 0.110. The fraction of sp³-hybridized carbons (Fsp3) is 0.150. The largest absolute Gasteiger partial charge is 0.478 e. The number of nitrogens with zero attached hydrogens (tertiary/aromatic N) is 2. The third kappa shape index (κ3) is 5.77. The summed E-state index contributed by atoms with van der Waals surface area (Å²) in [5, 5.41) is 20.6. The molecule has 1 amide bonds. The molecule has 0 aliphatic rings. The highest BCUT2D eigenvalue weighted by molar-refractivity contribution is 9.10. The van der Waals surface area contributed by atoms with E-state index in [0.717, 1.165) is 5.56 Å². The molecule has 0 aromatic heterocycles. The van der Waals surface area contributed by atoms with Crippen LogP contribution >= 0.6 is 15.9 Å². The molecule has 2 rings (SSSR count). The van der Waals surface area contributed by atoms with Gasteiger partial charge in [0.15, 0.2) is 6.61 Å². The number of halogens is 1. The molecule has 2 aromatic carbocycles. The fourth-order valence-electron chi connectivity index (χ4n) is 2.21. The van der Waals surface area contributed by atoms with E-state index in [2.05, 4.69) is 21.2 Å².